The molecule has 5 nitrogen and oxygen atoms in total. The van der Waals surface area contributed by atoms with Gasteiger partial charge >= 0.3 is 0 Å². The van der Waals surface area contributed by atoms with E-state index >= 15 is 0 Å². The maximum atomic E-state index is 13.2. The zero-order valence-corrected chi connectivity index (χ0v) is 14.8. The number of hydrogen-bond donors (Lipinski definition) is 1. The Morgan fingerprint density at radius 2 is 2.04 bits per heavy atom. The van der Waals surface area contributed by atoms with Gasteiger partial charge in [-0.05, 0) is 49.7 Å². The number of fused-ring (bicyclic) bond motifs is 1. The molecule has 3 rings (SSSR count). The molecule has 2 aromatic rings. The number of nitrogens with one attached hydrogen (secondary N) is 1. The molecule has 0 bridgehead atoms. The van der Waals surface area contributed by atoms with Crippen molar-refractivity contribution in [1.82, 2.24) is 0 Å². The number of carbonyl (C=O) groups is 2. The predicted molar refractivity (Wildman–Crippen MR) is 97.9 cm³/mol. The van der Waals surface area contributed by atoms with E-state index in [4.69, 9.17) is 4.74 Å². The molecule has 1 aliphatic rings. The topological polar surface area (TPSA) is 58.6 Å². The van der Waals surface area contributed by atoms with Crippen molar-refractivity contribution in [3.8, 4) is 5.75 Å². The fourth-order valence-corrected chi connectivity index (χ4v) is 2.93. The van der Waals surface area contributed by atoms with Crippen LogP contribution in [-0.2, 0) is 9.59 Å². The molecule has 2 amide bonds. The zero-order valence-electron chi connectivity index (χ0n) is 14.8. The first kappa shape index (κ1) is 17.9. The van der Waals surface area contributed by atoms with Gasteiger partial charge in [0.25, 0.3) is 0 Å². The highest BCUT2D eigenvalue weighted by Gasteiger charge is 2.27. The van der Waals surface area contributed by atoms with Crippen LogP contribution in [0, 0.1) is 12.7 Å². The van der Waals surface area contributed by atoms with Gasteiger partial charge in [-0.1, -0.05) is 12.1 Å². The van der Waals surface area contributed by atoms with E-state index < -0.39 is 5.82 Å². The molecule has 0 radical (unpaired) electrons. The fourth-order valence-electron chi connectivity index (χ4n) is 2.93. The highest BCUT2D eigenvalue weighted by Crippen LogP contribution is 2.34. The first-order valence-corrected chi connectivity index (χ1v) is 8.55. The van der Waals surface area contributed by atoms with Crippen molar-refractivity contribution in [3.05, 3.63) is 53.8 Å². The third-order valence-corrected chi connectivity index (χ3v) is 4.15. The average Bonchev–Trinajstić information content (AvgIpc) is 2.59. The molecule has 1 N–H and O–H groups in total. The molecule has 0 unspecified atom stereocenters. The van der Waals surface area contributed by atoms with Gasteiger partial charge in [0.1, 0.15) is 17.7 Å². The molecule has 6 heteroatoms. The predicted octanol–water partition coefficient (Wildman–Crippen LogP) is 3.67. The lowest BCUT2D eigenvalue weighted by Crippen LogP contribution is -2.42. The number of carbonyl (C=O) groups excluding carboxylic acids is 2. The van der Waals surface area contributed by atoms with Crippen LogP contribution in [-0.4, -0.2) is 24.5 Å². The van der Waals surface area contributed by atoms with Gasteiger partial charge in [0.05, 0.1) is 12.2 Å². The van der Waals surface area contributed by atoms with Gasteiger partial charge in [-0.25, -0.2) is 4.39 Å². The highest BCUT2D eigenvalue weighted by atomic mass is 19.1. The van der Waals surface area contributed by atoms with Crippen LogP contribution in [0.1, 0.15) is 25.3 Å². The summed E-state index contributed by atoms with van der Waals surface area (Å²) in [5.41, 5.74) is 2.14. The minimum atomic E-state index is -0.423. The summed E-state index contributed by atoms with van der Waals surface area (Å²) < 4.78 is 18.9. The summed E-state index contributed by atoms with van der Waals surface area (Å²) in [6.45, 7) is 4.30. The van der Waals surface area contributed by atoms with Crippen LogP contribution in [0.5, 0.6) is 5.75 Å². The van der Waals surface area contributed by atoms with Gasteiger partial charge in [-0.15, -0.1) is 0 Å². The van der Waals surface area contributed by atoms with E-state index in [1.54, 1.807) is 11.0 Å². The fraction of sp³-hybridized carbons (Fsp3) is 0.300. The lowest BCUT2D eigenvalue weighted by molar-refractivity contribution is -0.122. The van der Waals surface area contributed by atoms with Crippen LogP contribution in [0.15, 0.2) is 42.5 Å². The second-order valence-corrected chi connectivity index (χ2v) is 6.46. The molecule has 1 aliphatic heterocycles. The minimum absolute atomic E-state index is 0.0300. The van der Waals surface area contributed by atoms with E-state index in [1.807, 2.05) is 32.0 Å². The molecule has 26 heavy (non-hydrogen) atoms. The van der Waals surface area contributed by atoms with Gasteiger partial charge in [0.15, 0.2) is 0 Å². The molecule has 0 spiro atoms. The molecule has 0 saturated carbocycles. The number of nitrogens with zero attached hydrogens (tertiary/aromatic N) is 1. The largest absolute Gasteiger partial charge is 0.487 e. The highest BCUT2D eigenvalue weighted by molar-refractivity contribution is 5.99. The van der Waals surface area contributed by atoms with Crippen molar-refractivity contribution in [2.75, 3.05) is 16.8 Å². The van der Waals surface area contributed by atoms with Crippen LogP contribution in [0.3, 0.4) is 0 Å². The Morgan fingerprint density at radius 1 is 1.23 bits per heavy atom. The van der Waals surface area contributed by atoms with Gasteiger partial charge < -0.3 is 15.0 Å². The molecule has 0 fully saturated rings. The van der Waals surface area contributed by atoms with Crippen molar-refractivity contribution in [1.29, 1.82) is 0 Å². The Balaban J connectivity index is 1.63. The van der Waals surface area contributed by atoms with Crippen molar-refractivity contribution >= 4 is 23.2 Å². The second-order valence-electron chi connectivity index (χ2n) is 6.46. The first-order valence-electron chi connectivity index (χ1n) is 8.55. The maximum Gasteiger partial charge on any atom is 0.227 e. The minimum Gasteiger partial charge on any atom is -0.487 e. The summed E-state index contributed by atoms with van der Waals surface area (Å²) in [5.74, 6) is -0.212. The number of aryl methyl sites for hydroxylation is 1. The Morgan fingerprint density at radius 3 is 2.81 bits per heavy atom. The Kier molecular flexibility index (Phi) is 5.21. The Labute approximate surface area is 151 Å². The zero-order chi connectivity index (χ0) is 18.7. The molecule has 1 atom stereocenters. The van der Waals surface area contributed by atoms with E-state index in [1.165, 1.54) is 18.2 Å². The normalized spacial score (nSPS) is 15.8. The molecule has 136 valence electrons. The second kappa shape index (κ2) is 7.56. The summed E-state index contributed by atoms with van der Waals surface area (Å²) in [6.07, 6.45) is -0.0148. The van der Waals surface area contributed by atoms with Crippen LogP contribution in [0.25, 0.3) is 0 Å². The van der Waals surface area contributed by atoms with Gasteiger partial charge in [0, 0.05) is 18.5 Å². The quantitative estimate of drug-likeness (QED) is 0.909. The number of ether oxygens (including phenoxy) is 1. The van der Waals surface area contributed by atoms with Gasteiger partial charge in [-0.3, -0.25) is 9.59 Å². The third-order valence-electron chi connectivity index (χ3n) is 4.15. The third kappa shape index (κ3) is 4.20. The monoisotopic (exact) mass is 356 g/mol. The SMILES string of the molecule is Cc1ccc2c(c1)N(C(=O)CCC(=O)Nc1cccc(F)c1)C[C@H](C)O2. The number of rotatable bonds is 4. The Bertz CT molecular complexity index is 838. The summed E-state index contributed by atoms with van der Waals surface area (Å²) in [5, 5.41) is 2.60. The molecular weight excluding hydrogens is 335 g/mol. The molecule has 2 aromatic carbocycles. The summed E-state index contributed by atoms with van der Waals surface area (Å²) >= 11 is 0. The Hall–Kier alpha value is -2.89. The standard InChI is InChI=1S/C20H21FN2O3/c1-13-6-7-18-17(10-13)23(12-14(2)26-18)20(25)9-8-19(24)22-16-5-3-4-15(21)11-16/h3-7,10-11,14H,8-9,12H2,1-2H3,(H,22,24)/t14-/m0/s1. The van der Waals surface area contributed by atoms with E-state index in [-0.39, 0.29) is 30.8 Å². The van der Waals surface area contributed by atoms with E-state index in [9.17, 15) is 14.0 Å². The number of halogens is 1. The van der Waals surface area contributed by atoms with Crippen LogP contribution < -0.4 is 15.0 Å². The summed E-state index contributed by atoms with van der Waals surface area (Å²) in [7, 11) is 0. The molecular formula is C20H21FN2O3. The van der Waals surface area contributed by atoms with Crippen molar-refractivity contribution < 1.29 is 18.7 Å². The molecule has 0 aromatic heterocycles. The van der Waals surface area contributed by atoms with Crippen LogP contribution >= 0.6 is 0 Å². The van der Waals surface area contributed by atoms with E-state index in [0.717, 1.165) is 11.3 Å². The number of anilines is 2. The number of hydrogen-bond acceptors (Lipinski definition) is 3. The maximum absolute atomic E-state index is 13.2. The van der Waals surface area contributed by atoms with E-state index in [0.29, 0.717) is 18.0 Å². The van der Waals surface area contributed by atoms with Gasteiger partial charge in [-0.2, -0.15) is 0 Å². The smallest absolute Gasteiger partial charge is 0.227 e. The number of benzene rings is 2. The van der Waals surface area contributed by atoms with Crippen LogP contribution in [0.2, 0.25) is 0 Å². The van der Waals surface area contributed by atoms with Crippen LogP contribution in [0.4, 0.5) is 15.8 Å². The molecule has 0 saturated heterocycles. The molecule has 1 heterocycles. The first-order chi connectivity index (χ1) is 12.4. The lowest BCUT2D eigenvalue weighted by Gasteiger charge is -2.33. The summed E-state index contributed by atoms with van der Waals surface area (Å²) in [6, 6.07) is 11.4. The van der Waals surface area contributed by atoms with E-state index in [2.05, 4.69) is 5.32 Å². The van der Waals surface area contributed by atoms with Crippen molar-refractivity contribution in [2.24, 2.45) is 0 Å². The summed E-state index contributed by atoms with van der Waals surface area (Å²) in [4.78, 5) is 26.4. The van der Waals surface area contributed by atoms with Crippen molar-refractivity contribution in [2.45, 2.75) is 32.8 Å². The van der Waals surface area contributed by atoms with Gasteiger partial charge in [0.2, 0.25) is 11.8 Å². The number of amides is 2. The van der Waals surface area contributed by atoms with Crippen molar-refractivity contribution in [3.63, 3.8) is 0 Å². The molecule has 0 aliphatic carbocycles. The average molecular weight is 356 g/mol. The lowest BCUT2D eigenvalue weighted by atomic mass is 10.1.